The van der Waals surface area contributed by atoms with Crippen molar-refractivity contribution in [3.8, 4) is 5.69 Å². The summed E-state index contributed by atoms with van der Waals surface area (Å²) in [5, 5.41) is 4.17. The van der Waals surface area contributed by atoms with E-state index < -0.39 is 0 Å². The van der Waals surface area contributed by atoms with Crippen molar-refractivity contribution < 1.29 is 9.53 Å². The predicted octanol–water partition coefficient (Wildman–Crippen LogP) is 4.41. The Morgan fingerprint density at radius 1 is 1.16 bits per heavy atom. The molecule has 0 saturated carbocycles. The van der Waals surface area contributed by atoms with Crippen LogP contribution in [-0.2, 0) is 9.53 Å². The number of carbonyl (C=O) groups excluding carboxylic acids is 1. The summed E-state index contributed by atoms with van der Waals surface area (Å²) in [6.45, 7) is 4.93. The van der Waals surface area contributed by atoms with Crippen molar-refractivity contribution >= 4 is 23.3 Å². The van der Waals surface area contributed by atoms with Crippen LogP contribution in [0, 0.1) is 13.8 Å². The highest BCUT2D eigenvalue weighted by Crippen LogP contribution is 2.41. The van der Waals surface area contributed by atoms with Gasteiger partial charge >= 0.3 is 5.97 Å². The topological polar surface area (TPSA) is 59.4 Å². The fourth-order valence-corrected chi connectivity index (χ4v) is 4.87. The second-order valence-electron chi connectivity index (χ2n) is 8.00. The lowest BCUT2D eigenvalue weighted by molar-refractivity contribution is -0.140. The van der Waals surface area contributed by atoms with Crippen LogP contribution in [0.5, 0.6) is 0 Å². The fourth-order valence-electron chi connectivity index (χ4n) is 4.54. The molecule has 1 aromatic carbocycles. The van der Waals surface area contributed by atoms with Crippen LogP contribution in [0.3, 0.4) is 0 Å². The van der Waals surface area contributed by atoms with Crippen molar-refractivity contribution in [2.45, 2.75) is 38.8 Å². The minimum atomic E-state index is -0.205. The summed E-state index contributed by atoms with van der Waals surface area (Å²) in [4.78, 5) is 18.5. The monoisotopic (exact) mass is 448 g/mol. The predicted molar refractivity (Wildman–Crippen MR) is 129 cm³/mol. The Hall–Kier alpha value is -3.19. The van der Waals surface area contributed by atoms with E-state index in [0.717, 1.165) is 17.1 Å². The fraction of sp³-hybridized carbons (Fsp3) is 0.320. The standard InChI is InChI=1S/C25H28N4O2S/c1-17-16-20(18(2)29(17)19-10-5-4-6-11-19)24-23(21-12-7-8-14-26-21)27-25(32)28(24)15-9-13-22(30)31-3/h4-8,10-12,14,16,23-24H,9,13,15H2,1-3H3,(H,27,32). The molecule has 0 spiro atoms. The zero-order valence-electron chi connectivity index (χ0n) is 18.6. The van der Waals surface area contributed by atoms with Crippen LogP contribution in [0.4, 0.5) is 0 Å². The van der Waals surface area contributed by atoms with Crippen LogP contribution >= 0.6 is 12.2 Å². The number of aromatic nitrogens is 2. The molecule has 1 saturated heterocycles. The third kappa shape index (κ3) is 4.25. The zero-order chi connectivity index (χ0) is 22.7. The molecule has 0 aliphatic carbocycles. The molecule has 166 valence electrons. The Labute approximate surface area is 194 Å². The first kappa shape index (κ1) is 22.0. The van der Waals surface area contributed by atoms with Crippen molar-refractivity contribution in [3.63, 3.8) is 0 Å². The number of pyridine rings is 1. The Balaban J connectivity index is 1.74. The van der Waals surface area contributed by atoms with E-state index in [4.69, 9.17) is 17.0 Å². The number of hydrogen-bond donors (Lipinski definition) is 1. The van der Waals surface area contributed by atoms with Gasteiger partial charge in [0, 0.05) is 36.2 Å². The summed E-state index contributed by atoms with van der Waals surface area (Å²) in [5.41, 5.74) is 5.61. The van der Waals surface area contributed by atoms with Gasteiger partial charge in [0.05, 0.1) is 24.9 Å². The van der Waals surface area contributed by atoms with Crippen LogP contribution < -0.4 is 5.32 Å². The molecule has 0 bridgehead atoms. The van der Waals surface area contributed by atoms with Crippen molar-refractivity contribution in [2.75, 3.05) is 13.7 Å². The van der Waals surface area contributed by atoms with E-state index in [1.165, 1.54) is 18.4 Å². The van der Waals surface area contributed by atoms with E-state index >= 15 is 0 Å². The van der Waals surface area contributed by atoms with Crippen LogP contribution in [0.15, 0.2) is 60.8 Å². The molecular weight excluding hydrogens is 420 g/mol. The molecule has 2 atom stereocenters. The number of methoxy groups -OCH3 is 1. The number of carbonyl (C=O) groups is 1. The van der Waals surface area contributed by atoms with E-state index in [-0.39, 0.29) is 18.1 Å². The van der Waals surface area contributed by atoms with Crippen LogP contribution in [0.25, 0.3) is 5.69 Å². The third-order valence-electron chi connectivity index (χ3n) is 6.01. The van der Waals surface area contributed by atoms with Gasteiger partial charge in [-0.2, -0.15) is 0 Å². The molecule has 1 aliphatic heterocycles. The largest absolute Gasteiger partial charge is 0.469 e. The summed E-state index contributed by atoms with van der Waals surface area (Å²) in [6.07, 6.45) is 2.83. The van der Waals surface area contributed by atoms with Crippen molar-refractivity contribution in [1.29, 1.82) is 0 Å². The summed E-state index contributed by atoms with van der Waals surface area (Å²) < 4.78 is 7.09. The van der Waals surface area contributed by atoms with Gasteiger partial charge in [-0.25, -0.2) is 0 Å². The molecule has 2 aromatic heterocycles. The lowest BCUT2D eigenvalue weighted by atomic mass is 9.96. The number of para-hydroxylation sites is 1. The van der Waals surface area contributed by atoms with Gasteiger partial charge < -0.3 is 19.5 Å². The molecule has 4 rings (SSSR count). The van der Waals surface area contributed by atoms with E-state index in [1.807, 2.05) is 30.5 Å². The summed E-state index contributed by atoms with van der Waals surface area (Å²) in [7, 11) is 1.42. The highest BCUT2D eigenvalue weighted by Gasteiger charge is 2.41. The molecule has 1 aliphatic rings. The number of esters is 1. The Bertz CT molecular complexity index is 1100. The molecule has 3 heterocycles. The lowest BCUT2D eigenvalue weighted by Gasteiger charge is -2.28. The molecule has 0 radical (unpaired) electrons. The average molecular weight is 449 g/mol. The third-order valence-corrected chi connectivity index (χ3v) is 6.36. The normalized spacial score (nSPS) is 18.0. The number of nitrogens with zero attached hydrogens (tertiary/aromatic N) is 3. The SMILES string of the molecule is COC(=O)CCCN1C(=S)NC(c2ccccn2)C1c1cc(C)n(-c2ccccc2)c1C. The molecule has 1 fully saturated rings. The summed E-state index contributed by atoms with van der Waals surface area (Å²) >= 11 is 5.74. The summed E-state index contributed by atoms with van der Waals surface area (Å²) in [5.74, 6) is -0.205. The van der Waals surface area contributed by atoms with E-state index in [0.29, 0.717) is 24.5 Å². The molecule has 32 heavy (non-hydrogen) atoms. The highest BCUT2D eigenvalue weighted by molar-refractivity contribution is 7.80. The Kier molecular flexibility index (Phi) is 6.55. The average Bonchev–Trinajstić information content (AvgIpc) is 3.29. The van der Waals surface area contributed by atoms with E-state index in [1.54, 1.807) is 0 Å². The molecule has 0 amide bonds. The maximum atomic E-state index is 11.7. The van der Waals surface area contributed by atoms with Crippen molar-refractivity contribution in [1.82, 2.24) is 19.8 Å². The highest BCUT2D eigenvalue weighted by atomic mass is 32.1. The van der Waals surface area contributed by atoms with E-state index in [2.05, 4.69) is 63.9 Å². The number of hydrogen-bond acceptors (Lipinski definition) is 4. The maximum Gasteiger partial charge on any atom is 0.305 e. The minimum Gasteiger partial charge on any atom is -0.469 e. The number of rotatable bonds is 7. The van der Waals surface area contributed by atoms with Gasteiger partial charge in [-0.1, -0.05) is 24.3 Å². The van der Waals surface area contributed by atoms with Crippen LogP contribution in [0.1, 0.15) is 47.6 Å². The number of thiocarbonyl (C=S) groups is 1. The minimum absolute atomic E-state index is 0.0290. The summed E-state index contributed by atoms with van der Waals surface area (Å²) in [6, 6.07) is 18.4. The van der Waals surface area contributed by atoms with Gasteiger partial charge in [-0.05, 0) is 68.4 Å². The molecule has 3 aromatic rings. The first-order chi connectivity index (χ1) is 15.5. The van der Waals surface area contributed by atoms with Crippen molar-refractivity contribution in [2.24, 2.45) is 0 Å². The second kappa shape index (κ2) is 9.53. The van der Waals surface area contributed by atoms with Crippen LogP contribution in [0.2, 0.25) is 0 Å². The van der Waals surface area contributed by atoms with Gasteiger partial charge in [0.1, 0.15) is 0 Å². The van der Waals surface area contributed by atoms with Gasteiger partial charge in [-0.3, -0.25) is 9.78 Å². The number of ether oxygens (including phenoxy) is 1. The van der Waals surface area contributed by atoms with Gasteiger partial charge in [-0.15, -0.1) is 0 Å². The van der Waals surface area contributed by atoms with Gasteiger partial charge in [0.2, 0.25) is 0 Å². The Morgan fingerprint density at radius 3 is 2.59 bits per heavy atom. The maximum absolute atomic E-state index is 11.7. The van der Waals surface area contributed by atoms with Crippen molar-refractivity contribution in [3.05, 3.63) is 83.4 Å². The molecule has 2 unspecified atom stereocenters. The first-order valence-corrected chi connectivity index (χ1v) is 11.2. The van der Waals surface area contributed by atoms with E-state index in [9.17, 15) is 4.79 Å². The Morgan fingerprint density at radius 2 is 1.91 bits per heavy atom. The van der Waals surface area contributed by atoms with Crippen LogP contribution in [-0.4, -0.2) is 39.2 Å². The van der Waals surface area contributed by atoms with Gasteiger partial charge in [0.25, 0.3) is 0 Å². The zero-order valence-corrected chi connectivity index (χ0v) is 19.4. The number of nitrogens with one attached hydrogen (secondary N) is 1. The number of benzene rings is 1. The quantitative estimate of drug-likeness (QED) is 0.427. The molecule has 1 N–H and O–H groups in total. The van der Waals surface area contributed by atoms with Gasteiger partial charge in [0.15, 0.2) is 5.11 Å². The first-order valence-electron chi connectivity index (χ1n) is 10.8. The molecule has 7 heteroatoms. The molecular formula is C25H28N4O2S. The molecule has 6 nitrogen and oxygen atoms in total. The smallest absolute Gasteiger partial charge is 0.305 e. The second-order valence-corrected chi connectivity index (χ2v) is 8.38. The number of aryl methyl sites for hydroxylation is 1. The lowest BCUT2D eigenvalue weighted by Crippen LogP contribution is -2.31.